The SMILES string of the molecule is Cc1ccc2occ(/C=C/C(=O)NCC(c3ccccc3)S(=O)(=O)c3ccc(F)cc3)c(=O)c2c1. The molecule has 6 nitrogen and oxygen atoms in total. The monoisotopic (exact) mass is 491 g/mol. The Hall–Kier alpha value is -4.04. The second-order valence-electron chi connectivity index (χ2n) is 8.00. The number of rotatable bonds is 7. The molecule has 3 aromatic carbocycles. The van der Waals surface area contributed by atoms with Crippen molar-refractivity contribution in [1.82, 2.24) is 5.32 Å². The molecule has 1 N–H and O–H groups in total. The van der Waals surface area contributed by atoms with Gasteiger partial charge in [-0.25, -0.2) is 12.8 Å². The number of halogens is 1. The molecule has 35 heavy (non-hydrogen) atoms. The fraction of sp³-hybridized carbons (Fsp3) is 0.111. The van der Waals surface area contributed by atoms with Gasteiger partial charge in [-0.05, 0) is 55.0 Å². The molecule has 0 spiro atoms. The molecule has 0 bridgehead atoms. The number of carbonyl (C=O) groups excluding carboxylic acids is 1. The van der Waals surface area contributed by atoms with Gasteiger partial charge in [0.1, 0.15) is 22.9 Å². The summed E-state index contributed by atoms with van der Waals surface area (Å²) >= 11 is 0. The fourth-order valence-corrected chi connectivity index (χ4v) is 5.32. The summed E-state index contributed by atoms with van der Waals surface area (Å²) in [6.45, 7) is 1.64. The molecule has 1 unspecified atom stereocenters. The average molecular weight is 492 g/mol. The second-order valence-corrected chi connectivity index (χ2v) is 10.1. The standard InChI is InChI=1S/C27H22FNO5S/c1-18-7-13-24-23(15-18)27(31)20(17-34-24)8-14-26(30)29-16-25(19-5-3-2-4-6-19)35(32,33)22-11-9-21(28)10-12-22/h2-15,17,25H,16H2,1H3,(H,29,30)/b14-8+. The zero-order chi connectivity index (χ0) is 25.0. The van der Waals surface area contributed by atoms with Crippen molar-refractivity contribution >= 4 is 32.8 Å². The first-order valence-electron chi connectivity index (χ1n) is 10.8. The molecule has 1 aromatic heterocycles. The van der Waals surface area contributed by atoms with Gasteiger partial charge in [-0.1, -0.05) is 42.0 Å². The highest BCUT2D eigenvalue weighted by atomic mass is 32.2. The number of hydrogen-bond acceptors (Lipinski definition) is 5. The van der Waals surface area contributed by atoms with Crippen molar-refractivity contribution in [3.05, 3.63) is 118 Å². The van der Waals surface area contributed by atoms with Crippen molar-refractivity contribution in [2.24, 2.45) is 0 Å². The summed E-state index contributed by atoms with van der Waals surface area (Å²) in [5.41, 5.74) is 1.74. The highest BCUT2D eigenvalue weighted by Gasteiger charge is 2.29. The first kappa shape index (κ1) is 24.1. The summed E-state index contributed by atoms with van der Waals surface area (Å²) in [7, 11) is -3.94. The molecule has 8 heteroatoms. The number of amides is 1. The molecule has 0 radical (unpaired) electrons. The molecule has 4 rings (SSSR count). The lowest BCUT2D eigenvalue weighted by molar-refractivity contribution is -0.116. The zero-order valence-electron chi connectivity index (χ0n) is 18.8. The summed E-state index contributed by atoms with van der Waals surface area (Å²) in [6.07, 6.45) is 3.75. The minimum atomic E-state index is -3.94. The first-order valence-corrected chi connectivity index (χ1v) is 12.3. The van der Waals surface area contributed by atoms with Gasteiger partial charge in [-0.3, -0.25) is 9.59 Å². The number of sulfone groups is 1. The Labute approximate surface area is 201 Å². The van der Waals surface area contributed by atoms with Crippen LogP contribution in [0.15, 0.2) is 99.2 Å². The lowest BCUT2D eigenvalue weighted by atomic mass is 10.1. The Bertz CT molecular complexity index is 1560. The Kier molecular flexibility index (Phi) is 6.93. The number of benzene rings is 3. The van der Waals surface area contributed by atoms with Gasteiger partial charge in [0.05, 0.1) is 15.8 Å². The third-order valence-electron chi connectivity index (χ3n) is 5.52. The second kappa shape index (κ2) is 10.1. The first-order chi connectivity index (χ1) is 16.8. The molecule has 1 amide bonds. The van der Waals surface area contributed by atoms with Crippen LogP contribution in [0.5, 0.6) is 0 Å². The molecular weight excluding hydrogens is 469 g/mol. The van der Waals surface area contributed by atoms with E-state index in [1.165, 1.54) is 24.5 Å². The smallest absolute Gasteiger partial charge is 0.244 e. The Morgan fingerprint density at radius 2 is 1.77 bits per heavy atom. The molecule has 0 fully saturated rings. The van der Waals surface area contributed by atoms with Crippen molar-refractivity contribution in [2.75, 3.05) is 6.54 Å². The van der Waals surface area contributed by atoms with Crippen LogP contribution >= 0.6 is 0 Å². The molecule has 0 saturated heterocycles. The molecule has 0 aliphatic carbocycles. The lowest BCUT2D eigenvalue weighted by Crippen LogP contribution is -2.31. The number of fused-ring (bicyclic) bond motifs is 1. The zero-order valence-corrected chi connectivity index (χ0v) is 19.6. The van der Waals surface area contributed by atoms with E-state index in [9.17, 15) is 22.4 Å². The summed E-state index contributed by atoms with van der Waals surface area (Å²) in [6, 6.07) is 18.2. The van der Waals surface area contributed by atoms with Crippen molar-refractivity contribution in [1.29, 1.82) is 0 Å². The molecule has 0 aliphatic heterocycles. The maximum Gasteiger partial charge on any atom is 0.244 e. The molecule has 1 heterocycles. The van der Waals surface area contributed by atoms with Gasteiger partial charge < -0.3 is 9.73 Å². The van der Waals surface area contributed by atoms with Crippen LogP contribution in [0.25, 0.3) is 17.0 Å². The van der Waals surface area contributed by atoms with E-state index in [2.05, 4.69) is 5.32 Å². The summed E-state index contributed by atoms with van der Waals surface area (Å²) in [5.74, 6) is -1.13. The van der Waals surface area contributed by atoms with Crippen LogP contribution in [0.1, 0.15) is 21.9 Å². The molecular formula is C27H22FNO5S. The van der Waals surface area contributed by atoms with Crippen LogP contribution in [-0.4, -0.2) is 20.9 Å². The largest absolute Gasteiger partial charge is 0.463 e. The van der Waals surface area contributed by atoms with Crippen molar-refractivity contribution in [3.63, 3.8) is 0 Å². The van der Waals surface area contributed by atoms with E-state index < -0.39 is 26.8 Å². The topological polar surface area (TPSA) is 93.4 Å². The maximum absolute atomic E-state index is 13.3. The minimum absolute atomic E-state index is 0.0541. The predicted octanol–water partition coefficient (Wildman–Crippen LogP) is 4.59. The van der Waals surface area contributed by atoms with Gasteiger partial charge in [-0.2, -0.15) is 0 Å². The van der Waals surface area contributed by atoms with E-state index in [0.717, 1.165) is 23.8 Å². The fourth-order valence-electron chi connectivity index (χ4n) is 3.66. The van der Waals surface area contributed by atoms with Gasteiger partial charge in [0.25, 0.3) is 0 Å². The maximum atomic E-state index is 13.3. The van der Waals surface area contributed by atoms with E-state index in [1.807, 2.05) is 13.0 Å². The van der Waals surface area contributed by atoms with Crippen LogP contribution in [0, 0.1) is 12.7 Å². The molecule has 4 aromatic rings. The van der Waals surface area contributed by atoms with Crippen LogP contribution in [-0.2, 0) is 14.6 Å². The van der Waals surface area contributed by atoms with Crippen LogP contribution < -0.4 is 10.7 Å². The van der Waals surface area contributed by atoms with Gasteiger partial charge in [0, 0.05) is 12.6 Å². The number of nitrogens with one attached hydrogen (secondary N) is 1. The summed E-state index contributed by atoms with van der Waals surface area (Å²) < 4.78 is 45.4. The van der Waals surface area contributed by atoms with Gasteiger partial charge in [0.2, 0.25) is 5.91 Å². The molecule has 0 saturated carbocycles. The third kappa shape index (κ3) is 5.38. The van der Waals surface area contributed by atoms with Crippen LogP contribution in [0.4, 0.5) is 4.39 Å². The Morgan fingerprint density at radius 1 is 1.06 bits per heavy atom. The van der Waals surface area contributed by atoms with E-state index >= 15 is 0 Å². The van der Waals surface area contributed by atoms with E-state index in [0.29, 0.717) is 16.5 Å². The molecule has 178 valence electrons. The van der Waals surface area contributed by atoms with Crippen molar-refractivity contribution in [3.8, 4) is 0 Å². The van der Waals surface area contributed by atoms with E-state index in [1.54, 1.807) is 42.5 Å². The van der Waals surface area contributed by atoms with Gasteiger partial charge in [-0.15, -0.1) is 0 Å². The average Bonchev–Trinajstić information content (AvgIpc) is 2.85. The van der Waals surface area contributed by atoms with Crippen molar-refractivity contribution < 1.29 is 22.0 Å². The van der Waals surface area contributed by atoms with Crippen molar-refractivity contribution in [2.45, 2.75) is 17.1 Å². The number of carbonyl (C=O) groups is 1. The summed E-state index contributed by atoms with van der Waals surface area (Å²) in [5, 5.41) is 1.90. The number of hydrogen-bond donors (Lipinski definition) is 1. The normalized spacial score (nSPS) is 12.6. The van der Waals surface area contributed by atoms with Crippen LogP contribution in [0.2, 0.25) is 0 Å². The van der Waals surface area contributed by atoms with E-state index in [4.69, 9.17) is 4.42 Å². The van der Waals surface area contributed by atoms with Crippen LogP contribution in [0.3, 0.4) is 0 Å². The van der Waals surface area contributed by atoms with Gasteiger partial charge in [0.15, 0.2) is 15.3 Å². The third-order valence-corrected chi connectivity index (χ3v) is 7.64. The predicted molar refractivity (Wildman–Crippen MR) is 132 cm³/mol. The summed E-state index contributed by atoms with van der Waals surface area (Å²) in [4.78, 5) is 25.2. The lowest BCUT2D eigenvalue weighted by Gasteiger charge is -2.18. The molecule has 0 aliphatic rings. The molecule has 1 atom stereocenters. The van der Waals surface area contributed by atoms with E-state index in [-0.39, 0.29) is 22.4 Å². The van der Waals surface area contributed by atoms with Gasteiger partial charge >= 0.3 is 0 Å². The quantitative estimate of drug-likeness (QED) is 0.302. The minimum Gasteiger partial charge on any atom is -0.463 e. The Balaban J connectivity index is 1.55. The Morgan fingerprint density at radius 3 is 2.49 bits per heavy atom. The number of aryl methyl sites for hydroxylation is 1. The highest BCUT2D eigenvalue weighted by molar-refractivity contribution is 7.91. The highest BCUT2D eigenvalue weighted by Crippen LogP contribution is 2.28.